The van der Waals surface area contributed by atoms with E-state index in [1.807, 2.05) is 11.4 Å². The van der Waals surface area contributed by atoms with E-state index < -0.39 is 0 Å². The molecular weight excluding hydrogens is 442 g/mol. The maximum atomic E-state index is 6.44. The average Bonchev–Trinajstić information content (AvgIpc) is 3.57. The van der Waals surface area contributed by atoms with E-state index in [1.165, 1.54) is 11.1 Å². The molecule has 1 fully saturated rings. The first-order valence-corrected chi connectivity index (χ1v) is 12.3. The van der Waals surface area contributed by atoms with E-state index in [0.717, 1.165) is 37.3 Å². The fourth-order valence-electron chi connectivity index (χ4n) is 4.68. The Balaban J connectivity index is 1.24. The zero-order chi connectivity index (χ0) is 22.9. The summed E-state index contributed by atoms with van der Waals surface area (Å²) in [5.41, 5.74) is 11.0. The van der Waals surface area contributed by atoms with Gasteiger partial charge in [-0.3, -0.25) is 4.90 Å². The minimum atomic E-state index is 0.226. The molecule has 7 nitrogen and oxygen atoms in total. The molecular formula is C26H25N7S. The number of hydrogen-bond acceptors (Lipinski definition) is 7. The summed E-state index contributed by atoms with van der Waals surface area (Å²) in [4.78, 5) is 14.0. The van der Waals surface area contributed by atoms with Crippen LogP contribution in [0, 0.1) is 0 Å². The van der Waals surface area contributed by atoms with E-state index in [-0.39, 0.29) is 6.04 Å². The van der Waals surface area contributed by atoms with E-state index >= 15 is 0 Å². The van der Waals surface area contributed by atoms with Crippen LogP contribution < -0.4 is 10.6 Å². The highest BCUT2D eigenvalue weighted by Crippen LogP contribution is 2.31. The normalized spacial score (nSPS) is 14.8. The van der Waals surface area contributed by atoms with Crippen LogP contribution in [0.5, 0.6) is 0 Å². The molecule has 5 aromatic rings. The molecule has 1 aliphatic rings. The summed E-state index contributed by atoms with van der Waals surface area (Å²) in [5.74, 6) is 1.77. The fourth-order valence-corrected chi connectivity index (χ4v) is 5.34. The number of nitrogens with zero attached hydrogens (tertiary/aromatic N) is 6. The molecule has 170 valence electrons. The van der Waals surface area contributed by atoms with Crippen LogP contribution in [0.3, 0.4) is 0 Å². The van der Waals surface area contributed by atoms with Gasteiger partial charge in [-0.2, -0.15) is 20.8 Å². The number of nitrogens with two attached hydrogens (primary N) is 1. The second-order valence-corrected chi connectivity index (χ2v) is 9.22. The van der Waals surface area contributed by atoms with Crippen molar-refractivity contribution in [3.8, 4) is 11.1 Å². The Kier molecular flexibility index (Phi) is 5.44. The van der Waals surface area contributed by atoms with Gasteiger partial charge >= 0.3 is 0 Å². The molecule has 6 rings (SSSR count). The molecule has 1 saturated heterocycles. The summed E-state index contributed by atoms with van der Waals surface area (Å²) in [7, 11) is 0. The van der Waals surface area contributed by atoms with Gasteiger partial charge in [-0.15, -0.1) is 5.10 Å². The van der Waals surface area contributed by atoms with Crippen LogP contribution in [0.25, 0.3) is 16.9 Å². The number of hydrogen-bond donors (Lipinski definition) is 1. The van der Waals surface area contributed by atoms with Crippen molar-refractivity contribution in [3.05, 3.63) is 94.8 Å². The lowest BCUT2D eigenvalue weighted by molar-refractivity contribution is 0.211. The van der Waals surface area contributed by atoms with E-state index in [1.54, 1.807) is 22.0 Å². The zero-order valence-corrected chi connectivity index (χ0v) is 19.5. The van der Waals surface area contributed by atoms with Crippen LogP contribution in [0.15, 0.2) is 83.7 Å². The molecule has 0 unspecified atom stereocenters. The van der Waals surface area contributed by atoms with Gasteiger partial charge in [0.15, 0.2) is 0 Å². The van der Waals surface area contributed by atoms with Crippen LogP contribution in [-0.4, -0.2) is 50.7 Å². The first-order chi connectivity index (χ1) is 16.8. The van der Waals surface area contributed by atoms with Crippen molar-refractivity contribution in [2.24, 2.45) is 0 Å². The number of anilines is 2. The maximum absolute atomic E-state index is 6.44. The summed E-state index contributed by atoms with van der Waals surface area (Å²) < 4.78 is 1.66. The third-order valence-corrected chi connectivity index (χ3v) is 7.10. The van der Waals surface area contributed by atoms with Crippen molar-refractivity contribution >= 4 is 28.9 Å². The quantitative estimate of drug-likeness (QED) is 0.414. The molecule has 0 bridgehead atoms. The number of thiophene rings is 1. The van der Waals surface area contributed by atoms with E-state index in [0.29, 0.717) is 17.5 Å². The van der Waals surface area contributed by atoms with Gasteiger partial charge in [-0.05, 0) is 33.5 Å². The molecule has 8 heteroatoms. The Morgan fingerprint density at radius 3 is 2.15 bits per heavy atom. The lowest BCUT2D eigenvalue weighted by atomic mass is 9.96. The highest BCUT2D eigenvalue weighted by atomic mass is 32.1. The minimum absolute atomic E-state index is 0.226. The van der Waals surface area contributed by atoms with Gasteiger partial charge < -0.3 is 10.6 Å². The van der Waals surface area contributed by atoms with Crippen molar-refractivity contribution in [2.45, 2.75) is 6.04 Å². The molecule has 0 radical (unpaired) electrons. The molecule has 0 aliphatic carbocycles. The molecule has 4 heterocycles. The predicted octanol–water partition coefficient (Wildman–Crippen LogP) is 4.35. The monoisotopic (exact) mass is 467 g/mol. The number of rotatable bonds is 5. The van der Waals surface area contributed by atoms with Gasteiger partial charge in [0.1, 0.15) is 5.82 Å². The van der Waals surface area contributed by atoms with Gasteiger partial charge in [0, 0.05) is 37.9 Å². The summed E-state index contributed by atoms with van der Waals surface area (Å²) in [6.45, 7) is 3.49. The molecule has 0 saturated carbocycles. The SMILES string of the molecule is Nc1c(-c2ccsc2)cnc2nc(N3CCN(C(c4ccccc4)c4ccccc4)CC3)nn12. The van der Waals surface area contributed by atoms with E-state index in [9.17, 15) is 0 Å². The number of nitrogen functional groups attached to an aromatic ring is 1. The second-order valence-electron chi connectivity index (χ2n) is 8.44. The lowest BCUT2D eigenvalue weighted by Gasteiger charge is -2.39. The Morgan fingerprint density at radius 2 is 1.53 bits per heavy atom. The van der Waals surface area contributed by atoms with Gasteiger partial charge in [-0.25, -0.2) is 4.98 Å². The summed E-state index contributed by atoms with van der Waals surface area (Å²) in [6, 6.07) is 23.7. The largest absolute Gasteiger partial charge is 0.383 e. The standard InChI is InChI=1S/C26H25N7S/c27-24-22(21-11-16-34-18-21)17-28-25-29-26(30-33(24)25)32-14-12-31(13-15-32)23(19-7-3-1-4-8-19)20-9-5-2-6-10-20/h1-11,16-18,23H,12-15,27H2. The highest BCUT2D eigenvalue weighted by molar-refractivity contribution is 7.08. The van der Waals surface area contributed by atoms with Crippen molar-refractivity contribution < 1.29 is 0 Å². The second kappa shape index (κ2) is 8.89. The Hall–Kier alpha value is -3.75. The first-order valence-electron chi connectivity index (χ1n) is 11.4. The first kappa shape index (κ1) is 20.8. The summed E-state index contributed by atoms with van der Waals surface area (Å²) in [6.07, 6.45) is 1.79. The minimum Gasteiger partial charge on any atom is -0.383 e. The molecule has 0 atom stereocenters. The molecule has 34 heavy (non-hydrogen) atoms. The van der Waals surface area contributed by atoms with Gasteiger partial charge in [0.05, 0.1) is 6.04 Å². The van der Waals surface area contributed by atoms with E-state index in [2.05, 4.69) is 85.8 Å². The van der Waals surface area contributed by atoms with E-state index in [4.69, 9.17) is 10.8 Å². The van der Waals surface area contributed by atoms with Gasteiger partial charge in [-0.1, -0.05) is 60.7 Å². The van der Waals surface area contributed by atoms with Crippen molar-refractivity contribution in [2.75, 3.05) is 36.8 Å². The van der Waals surface area contributed by atoms with Gasteiger partial charge in [0.2, 0.25) is 5.95 Å². The third-order valence-electron chi connectivity index (χ3n) is 6.42. The smallest absolute Gasteiger partial charge is 0.255 e. The molecule has 3 aromatic heterocycles. The number of fused-ring (bicyclic) bond motifs is 1. The van der Waals surface area contributed by atoms with Crippen LogP contribution in [0.4, 0.5) is 11.8 Å². The molecule has 2 aromatic carbocycles. The molecule has 1 aliphatic heterocycles. The zero-order valence-electron chi connectivity index (χ0n) is 18.7. The van der Waals surface area contributed by atoms with Crippen molar-refractivity contribution in [1.29, 1.82) is 0 Å². The predicted molar refractivity (Wildman–Crippen MR) is 137 cm³/mol. The molecule has 0 spiro atoms. The summed E-state index contributed by atoms with van der Waals surface area (Å²) in [5, 5.41) is 8.81. The molecule has 0 amide bonds. The Bertz CT molecular complexity index is 1340. The van der Waals surface area contributed by atoms with Gasteiger partial charge in [0.25, 0.3) is 5.78 Å². The summed E-state index contributed by atoms with van der Waals surface area (Å²) >= 11 is 1.63. The fraction of sp³-hybridized carbons (Fsp3) is 0.192. The van der Waals surface area contributed by atoms with Crippen molar-refractivity contribution in [1.82, 2.24) is 24.5 Å². The van der Waals surface area contributed by atoms with Crippen molar-refractivity contribution in [3.63, 3.8) is 0 Å². The number of piperazine rings is 1. The number of aromatic nitrogens is 4. The maximum Gasteiger partial charge on any atom is 0.255 e. The van der Waals surface area contributed by atoms with Crippen LogP contribution in [0.1, 0.15) is 17.2 Å². The van der Waals surface area contributed by atoms with Crippen LogP contribution in [0.2, 0.25) is 0 Å². The van der Waals surface area contributed by atoms with Crippen LogP contribution >= 0.6 is 11.3 Å². The average molecular weight is 468 g/mol. The van der Waals surface area contributed by atoms with Crippen LogP contribution in [-0.2, 0) is 0 Å². The Morgan fingerprint density at radius 1 is 0.853 bits per heavy atom. The number of benzene rings is 2. The Labute approximate surface area is 202 Å². The highest BCUT2D eigenvalue weighted by Gasteiger charge is 2.28. The molecule has 2 N–H and O–H groups in total. The topological polar surface area (TPSA) is 75.6 Å². The third kappa shape index (κ3) is 3.81. The lowest BCUT2D eigenvalue weighted by Crippen LogP contribution is -2.48.